The Morgan fingerprint density at radius 3 is 3.00 bits per heavy atom. The summed E-state index contributed by atoms with van der Waals surface area (Å²) in [6, 6.07) is 6.39. The van der Waals surface area contributed by atoms with E-state index in [1.54, 1.807) is 19.0 Å². The number of rotatable bonds is 3. The van der Waals surface area contributed by atoms with Crippen molar-refractivity contribution in [2.75, 3.05) is 34.0 Å². The number of nitrogens with zero attached hydrogens (tertiary/aromatic N) is 2. The number of hydrogen-bond donors (Lipinski definition) is 1. The van der Waals surface area contributed by atoms with E-state index < -0.39 is 0 Å². The van der Waals surface area contributed by atoms with E-state index in [1.165, 1.54) is 5.56 Å². The van der Waals surface area contributed by atoms with E-state index in [1.807, 2.05) is 12.1 Å². The van der Waals surface area contributed by atoms with Crippen molar-refractivity contribution in [2.45, 2.75) is 37.6 Å². The molecule has 7 nitrogen and oxygen atoms in total. The van der Waals surface area contributed by atoms with Gasteiger partial charge in [-0.1, -0.05) is 6.07 Å². The van der Waals surface area contributed by atoms with Gasteiger partial charge in [-0.3, -0.25) is 4.90 Å². The first-order chi connectivity index (χ1) is 12.1. The molecule has 0 saturated carbocycles. The highest BCUT2D eigenvalue weighted by Gasteiger charge is 2.44. The number of nitrogens with one attached hydrogen (secondary N) is 1. The molecule has 3 heterocycles. The third kappa shape index (κ3) is 3.26. The zero-order chi connectivity index (χ0) is 17.4. The molecule has 3 aliphatic heterocycles. The Labute approximate surface area is 147 Å². The van der Waals surface area contributed by atoms with Crippen molar-refractivity contribution < 1.29 is 19.0 Å². The van der Waals surface area contributed by atoms with Crippen LogP contribution < -0.4 is 14.8 Å². The van der Waals surface area contributed by atoms with Gasteiger partial charge in [-0.2, -0.15) is 0 Å². The lowest BCUT2D eigenvalue weighted by Crippen LogP contribution is -2.50. The van der Waals surface area contributed by atoms with Crippen LogP contribution in [0, 0.1) is 0 Å². The minimum atomic E-state index is -0.0668. The third-order valence-corrected chi connectivity index (χ3v) is 5.17. The summed E-state index contributed by atoms with van der Waals surface area (Å²) in [7, 11) is 3.52. The van der Waals surface area contributed by atoms with Crippen LogP contribution in [-0.2, 0) is 11.3 Å². The summed E-state index contributed by atoms with van der Waals surface area (Å²) in [5.74, 6) is 1.62. The summed E-state index contributed by atoms with van der Waals surface area (Å²) in [5.41, 5.74) is 1.19. The van der Waals surface area contributed by atoms with Gasteiger partial charge >= 0.3 is 6.03 Å². The molecule has 25 heavy (non-hydrogen) atoms. The highest BCUT2D eigenvalue weighted by atomic mass is 16.7. The van der Waals surface area contributed by atoms with Crippen molar-refractivity contribution in [3.63, 3.8) is 0 Å². The molecule has 7 heteroatoms. The number of carbonyl (C=O) groups excluding carboxylic acids is 1. The van der Waals surface area contributed by atoms with Crippen LogP contribution >= 0.6 is 0 Å². The van der Waals surface area contributed by atoms with Crippen LogP contribution in [0.3, 0.4) is 0 Å². The van der Waals surface area contributed by atoms with E-state index in [0.717, 1.165) is 44.0 Å². The van der Waals surface area contributed by atoms with Gasteiger partial charge in [0, 0.05) is 39.8 Å². The van der Waals surface area contributed by atoms with Crippen molar-refractivity contribution >= 4 is 6.03 Å². The van der Waals surface area contributed by atoms with Gasteiger partial charge in [-0.15, -0.1) is 0 Å². The monoisotopic (exact) mass is 347 g/mol. The molecule has 0 aromatic heterocycles. The van der Waals surface area contributed by atoms with Gasteiger partial charge in [0.15, 0.2) is 11.5 Å². The molecule has 1 aromatic carbocycles. The van der Waals surface area contributed by atoms with Gasteiger partial charge in [-0.25, -0.2) is 4.79 Å². The number of likely N-dealkylation sites (tertiary alicyclic amines) is 1. The van der Waals surface area contributed by atoms with Gasteiger partial charge in [-0.05, 0) is 30.5 Å². The Bertz CT molecular complexity index is 651. The fourth-order valence-corrected chi connectivity index (χ4v) is 3.92. The molecule has 0 radical (unpaired) electrons. The first kappa shape index (κ1) is 16.5. The van der Waals surface area contributed by atoms with Gasteiger partial charge in [0.05, 0.1) is 12.1 Å². The lowest BCUT2D eigenvalue weighted by Gasteiger charge is -2.32. The molecule has 2 saturated heterocycles. The first-order valence-corrected chi connectivity index (χ1v) is 8.84. The normalized spacial score (nSPS) is 27.8. The molecule has 1 aromatic rings. The van der Waals surface area contributed by atoms with Crippen LogP contribution in [0.25, 0.3) is 0 Å². The fourth-order valence-electron chi connectivity index (χ4n) is 3.92. The third-order valence-electron chi connectivity index (χ3n) is 5.17. The Hall–Kier alpha value is -1.99. The van der Waals surface area contributed by atoms with Crippen LogP contribution in [0.1, 0.15) is 18.4 Å². The lowest BCUT2D eigenvalue weighted by molar-refractivity contribution is -0.0207. The number of benzene rings is 1. The van der Waals surface area contributed by atoms with E-state index >= 15 is 0 Å². The smallest absolute Gasteiger partial charge is 0.317 e. The summed E-state index contributed by atoms with van der Waals surface area (Å²) in [4.78, 5) is 16.1. The zero-order valence-electron chi connectivity index (χ0n) is 14.7. The number of amides is 2. The average Bonchev–Trinajstić information content (AvgIpc) is 3.20. The second kappa shape index (κ2) is 6.72. The summed E-state index contributed by atoms with van der Waals surface area (Å²) < 4.78 is 16.9. The minimum Gasteiger partial charge on any atom is -0.454 e. The average molecular weight is 347 g/mol. The molecule has 3 aliphatic rings. The standard InChI is InChI=1S/C18H25N3O4/c1-20(2)18(22)19-13-10-21(14-4-3-7-23-17(13)14)9-12-5-6-15-16(8-12)25-11-24-15/h5-6,8,13-14,17H,3-4,7,9-11H2,1-2H3,(H,19,22)/t13-,14+,17+/m0/s1. The van der Waals surface area contributed by atoms with Crippen molar-refractivity contribution in [1.29, 1.82) is 0 Å². The van der Waals surface area contributed by atoms with Gasteiger partial charge in [0.25, 0.3) is 0 Å². The van der Waals surface area contributed by atoms with Gasteiger partial charge in [0.1, 0.15) is 0 Å². The molecular weight excluding hydrogens is 322 g/mol. The molecular formula is C18H25N3O4. The topological polar surface area (TPSA) is 63.3 Å². The van der Waals surface area contributed by atoms with Crippen LogP contribution in [0.4, 0.5) is 4.79 Å². The maximum atomic E-state index is 12.1. The van der Waals surface area contributed by atoms with Crippen molar-refractivity contribution in [3.05, 3.63) is 23.8 Å². The van der Waals surface area contributed by atoms with Crippen molar-refractivity contribution in [1.82, 2.24) is 15.1 Å². The number of fused-ring (bicyclic) bond motifs is 2. The quantitative estimate of drug-likeness (QED) is 0.896. The number of urea groups is 1. The summed E-state index contributed by atoms with van der Waals surface area (Å²) in [6.45, 7) is 2.67. The van der Waals surface area contributed by atoms with Crippen LogP contribution in [0.2, 0.25) is 0 Å². The number of ether oxygens (including phenoxy) is 3. The first-order valence-electron chi connectivity index (χ1n) is 8.84. The number of carbonyl (C=O) groups is 1. The lowest BCUT2D eigenvalue weighted by atomic mass is 10.0. The molecule has 0 bridgehead atoms. The van der Waals surface area contributed by atoms with Crippen LogP contribution in [-0.4, -0.2) is 68.1 Å². The molecule has 136 valence electrons. The fraction of sp³-hybridized carbons (Fsp3) is 0.611. The number of hydrogen-bond acceptors (Lipinski definition) is 5. The maximum Gasteiger partial charge on any atom is 0.317 e. The largest absolute Gasteiger partial charge is 0.454 e. The Balaban J connectivity index is 1.48. The Kier molecular flexibility index (Phi) is 4.43. The molecule has 0 spiro atoms. The maximum absolute atomic E-state index is 12.1. The molecule has 4 rings (SSSR count). The van der Waals surface area contributed by atoms with E-state index in [9.17, 15) is 4.79 Å². The predicted octanol–water partition coefficient (Wildman–Crippen LogP) is 1.42. The zero-order valence-corrected chi connectivity index (χ0v) is 14.7. The van der Waals surface area contributed by atoms with Crippen LogP contribution in [0.5, 0.6) is 11.5 Å². The molecule has 1 N–H and O–H groups in total. The summed E-state index contributed by atoms with van der Waals surface area (Å²) in [5, 5.41) is 3.11. The van der Waals surface area contributed by atoms with Crippen molar-refractivity contribution in [3.8, 4) is 11.5 Å². The predicted molar refractivity (Wildman–Crippen MR) is 91.7 cm³/mol. The van der Waals surface area contributed by atoms with Gasteiger partial charge < -0.3 is 24.4 Å². The van der Waals surface area contributed by atoms with E-state index in [0.29, 0.717) is 12.8 Å². The second-order valence-corrected chi connectivity index (χ2v) is 7.11. The molecule has 0 aliphatic carbocycles. The molecule has 3 atom stereocenters. The van der Waals surface area contributed by atoms with E-state index in [2.05, 4.69) is 16.3 Å². The Morgan fingerprint density at radius 2 is 2.16 bits per heavy atom. The van der Waals surface area contributed by atoms with Crippen molar-refractivity contribution in [2.24, 2.45) is 0 Å². The summed E-state index contributed by atoms with van der Waals surface area (Å²) >= 11 is 0. The molecule has 2 amide bonds. The highest BCUT2D eigenvalue weighted by molar-refractivity contribution is 5.74. The van der Waals surface area contributed by atoms with Crippen LogP contribution in [0.15, 0.2) is 18.2 Å². The Morgan fingerprint density at radius 1 is 1.32 bits per heavy atom. The SMILES string of the molecule is CN(C)C(=O)N[C@H]1CN(Cc2ccc3c(c2)OCO3)[C@@H]2CCCO[C@H]12. The van der Waals surface area contributed by atoms with E-state index in [-0.39, 0.29) is 18.2 Å². The van der Waals surface area contributed by atoms with Gasteiger partial charge in [0.2, 0.25) is 6.79 Å². The highest BCUT2D eigenvalue weighted by Crippen LogP contribution is 2.35. The molecule has 0 unspecified atom stereocenters. The molecule has 2 fully saturated rings. The second-order valence-electron chi connectivity index (χ2n) is 7.11. The summed E-state index contributed by atoms with van der Waals surface area (Å²) in [6.07, 6.45) is 2.23. The minimum absolute atomic E-state index is 0.0224. The van der Waals surface area contributed by atoms with E-state index in [4.69, 9.17) is 14.2 Å².